The lowest BCUT2D eigenvalue weighted by atomic mass is 9.95. The van der Waals surface area contributed by atoms with E-state index in [1.54, 1.807) is 34.3 Å². The van der Waals surface area contributed by atoms with Crippen LogP contribution in [0.3, 0.4) is 0 Å². The lowest BCUT2D eigenvalue weighted by Gasteiger charge is -2.44. The molecular weight excluding hydrogens is 1450 g/mol. The minimum atomic E-state index is -0.909. The monoisotopic (exact) mass is 1540 g/mol. The third-order valence-corrected chi connectivity index (χ3v) is 20.9. The molecule has 5 aliphatic heterocycles. The molecule has 112 heavy (non-hydrogen) atoms. The Balaban J connectivity index is 0.000000161. The molecule has 0 radical (unpaired) electrons. The Morgan fingerprint density at radius 2 is 1.12 bits per heavy atom. The number of nitrogens with zero attached hydrogens (tertiary/aromatic N) is 17. The van der Waals surface area contributed by atoms with Crippen molar-refractivity contribution in [3.8, 4) is 33.9 Å². The molecule has 14 rings (SSSR count). The highest BCUT2D eigenvalue weighted by Crippen LogP contribution is 2.42. The van der Waals surface area contributed by atoms with Gasteiger partial charge in [-0.1, -0.05) is 105 Å². The third-order valence-electron chi connectivity index (χ3n) is 20.6. The zero-order chi connectivity index (χ0) is 80.8. The minimum absolute atomic E-state index is 0.0157. The quantitative estimate of drug-likeness (QED) is 0.112. The zero-order valence-electron chi connectivity index (χ0n) is 65.3. The van der Waals surface area contributed by atoms with Crippen LogP contribution in [-0.4, -0.2) is 176 Å². The van der Waals surface area contributed by atoms with E-state index < -0.39 is 34.5 Å². The third kappa shape index (κ3) is 15.7. The summed E-state index contributed by atoms with van der Waals surface area (Å²) < 4.78 is 47.6. The normalized spacial score (nSPS) is 17.7. The van der Waals surface area contributed by atoms with Gasteiger partial charge in [-0.25, -0.2) is 51.8 Å². The summed E-state index contributed by atoms with van der Waals surface area (Å²) in [6.07, 6.45) is 9.41. The number of para-hydroxylation sites is 1. The summed E-state index contributed by atoms with van der Waals surface area (Å²) in [6, 6.07) is 18.0. The average Bonchev–Trinajstić information content (AvgIpc) is 0.871. The number of fused-ring (bicyclic) bond motifs is 4. The van der Waals surface area contributed by atoms with Gasteiger partial charge in [-0.3, -0.25) is 29.1 Å². The van der Waals surface area contributed by atoms with Crippen molar-refractivity contribution >= 4 is 86.3 Å². The van der Waals surface area contributed by atoms with E-state index in [2.05, 4.69) is 98.2 Å². The molecule has 0 bridgehead atoms. The van der Waals surface area contributed by atoms with Gasteiger partial charge in [0, 0.05) is 113 Å². The van der Waals surface area contributed by atoms with Crippen LogP contribution in [0.2, 0.25) is 5.02 Å². The number of carbonyl (C=O) groups is 4. The number of halogens is 4. The van der Waals surface area contributed by atoms with Gasteiger partial charge >= 0.3 is 11.4 Å². The number of piperazine rings is 3. The van der Waals surface area contributed by atoms with Gasteiger partial charge in [-0.15, -0.1) is 0 Å². The fraction of sp³-hybridized carbons (Fsp3) is 0.357. The Kier molecular flexibility index (Phi) is 23.0. The van der Waals surface area contributed by atoms with Crippen molar-refractivity contribution in [3.63, 3.8) is 0 Å². The highest BCUT2D eigenvalue weighted by molar-refractivity contribution is 6.34. The Bertz CT molecular complexity index is 5470. The summed E-state index contributed by atoms with van der Waals surface area (Å²) in [5.41, 5.74) is 6.11. The second-order valence-electron chi connectivity index (χ2n) is 30.7. The second kappa shape index (κ2) is 32.3. The molecule has 3 fully saturated rings. The standard InChI is InChI=1S/C33H34ClN7O3.C31H31F3N6O2.C20H27N5O/c1-7-26(43)39-15-20(6)40(16-19(39)5)31-23-14-24(34)29(22-10-8-9-21-13-25(42)36-28(21)22)37-32(23)41(33(44)38-31)30-18(4)11-12-35-27(30)17(2)3;1-7-25(41)38-14-19(6)39(15-18(38)5)29-22-13-24(34)27(21-12-20(32)8-9-23(21)33)36-30(22)40(31(42)37-29)28-17(4)10-11-35-26(28)16(2)3;1-6-17(26)23-10-12-24(13-11-23)19-16-8-7-9-21-18(16)25(15(2)22-19)14-20(3,4)5/h7-12,14,17,19-20H,1,13,15-16H2,2-6H3,(H,36,42);7-13,16,18-19H,1,14-15H2,2-6H3;6-9H,1-2,10-14H2,3-5H3. The SMILES string of the molecule is C=CC(=O)N1CC(C)N(c2nc(=O)n(-c3c(C)ccnc3C(C)C)c3nc(-c4cc(F)ccc4F)c(F)cc23)CC1C.C=CC(=O)N1CC(C)N(c2nc(=O)n(-c3c(C)ccnc3C(C)C)c3nc(-c4cccc5c4NC(=O)C5)c(Cl)cc23)CC1C.C=CC(=O)N1CCN(C2=NC(=C)N(CC(C)(C)C)c3ncccc32)CC1. The fourth-order valence-corrected chi connectivity index (χ4v) is 15.4. The molecule has 28 heteroatoms. The van der Waals surface area contributed by atoms with E-state index in [0.29, 0.717) is 107 Å². The summed E-state index contributed by atoms with van der Waals surface area (Å²) in [6.45, 7) is 46.0. The summed E-state index contributed by atoms with van der Waals surface area (Å²) in [5, 5.41) is 4.10. The largest absolute Gasteiger partial charge is 0.355 e. The molecule has 0 aliphatic carbocycles. The van der Waals surface area contributed by atoms with Crippen molar-refractivity contribution in [1.29, 1.82) is 0 Å². The molecular formula is C84H92ClF3N18O6. The predicted molar refractivity (Wildman–Crippen MR) is 433 cm³/mol. The molecule has 5 aliphatic rings. The zero-order valence-corrected chi connectivity index (χ0v) is 66.1. The molecule has 4 unspecified atom stereocenters. The summed E-state index contributed by atoms with van der Waals surface area (Å²) >= 11 is 7.00. The number of aromatic nitrogens is 9. The van der Waals surface area contributed by atoms with Crippen LogP contribution in [0.4, 0.5) is 36.3 Å². The van der Waals surface area contributed by atoms with Gasteiger partial charge in [0.1, 0.15) is 52.3 Å². The van der Waals surface area contributed by atoms with Gasteiger partial charge in [-0.2, -0.15) is 9.97 Å². The number of benzene rings is 2. The number of hydrogen-bond acceptors (Lipinski definition) is 18. The Labute approximate surface area is 653 Å². The number of amides is 4. The van der Waals surface area contributed by atoms with Gasteiger partial charge in [0.25, 0.3) is 0 Å². The van der Waals surface area contributed by atoms with E-state index >= 15 is 4.39 Å². The van der Waals surface area contributed by atoms with Crippen LogP contribution in [0.25, 0.3) is 56.0 Å². The summed E-state index contributed by atoms with van der Waals surface area (Å²) in [5.74, 6) is 0.0588. The maximum absolute atomic E-state index is 15.8. The van der Waals surface area contributed by atoms with Crippen LogP contribution in [-0.2, 0) is 25.6 Å². The molecule has 4 atom stereocenters. The van der Waals surface area contributed by atoms with Gasteiger partial charge < -0.3 is 39.6 Å². The predicted octanol–water partition coefficient (Wildman–Crippen LogP) is 12.8. The number of pyridine rings is 5. The highest BCUT2D eigenvalue weighted by atomic mass is 35.5. The fourth-order valence-electron chi connectivity index (χ4n) is 15.1. The molecule has 0 saturated carbocycles. The molecule has 7 aromatic heterocycles. The van der Waals surface area contributed by atoms with Crippen LogP contribution in [0.1, 0.15) is 122 Å². The van der Waals surface area contributed by atoms with Crippen molar-refractivity contribution in [1.82, 2.24) is 63.6 Å². The maximum atomic E-state index is 15.8. The first-order valence-corrected chi connectivity index (χ1v) is 37.7. The van der Waals surface area contributed by atoms with Crippen molar-refractivity contribution in [3.05, 3.63) is 219 Å². The topological polar surface area (TPSA) is 250 Å². The molecule has 1 N–H and O–H groups in total. The molecule has 4 amide bonds. The van der Waals surface area contributed by atoms with E-state index in [1.165, 1.54) is 27.4 Å². The maximum Gasteiger partial charge on any atom is 0.355 e. The van der Waals surface area contributed by atoms with E-state index in [-0.39, 0.29) is 93.9 Å². The van der Waals surface area contributed by atoms with Crippen molar-refractivity contribution in [2.24, 2.45) is 10.4 Å². The summed E-state index contributed by atoms with van der Waals surface area (Å²) in [7, 11) is 0. The molecule has 12 heterocycles. The average molecular weight is 1540 g/mol. The van der Waals surface area contributed by atoms with Crippen LogP contribution in [0, 0.1) is 36.7 Å². The first kappa shape index (κ1) is 79.8. The van der Waals surface area contributed by atoms with Crippen LogP contribution < -0.4 is 31.4 Å². The van der Waals surface area contributed by atoms with Crippen LogP contribution >= 0.6 is 11.6 Å². The minimum Gasteiger partial charge on any atom is -0.352 e. The number of carbonyl (C=O) groups excluding carboxylic acids is 4. The van der Waals surface area contributed by atoms with Crippen molar-refractivity contribution in [2.45, 2.75) is 132 Å². The lowest BCUT2D eigenvalue weighted by molar-refractivity contribution is -0.129. The van der Waals surface area contributed by atoms with Crippen LogP contribution in [0.5, 0.6) is 0 Å². The number of rotatable bonds is 12. The summed E-state index contributed by atoms with van der Waals surface area (Å²) in [4.78, 5) is 128. The lowest BCUT2D eigenvalue weighted by Crippen LogP contribution is -2.58. The number of anilines is 4. The molecule has 9 aromatic rings. The first-order chi connectivity index (χ1) is 53.2. The van der Waals surface area contributed by atoms with E-state index in [9.17, 15) is 37.5 Å². The first-order valence-electron chi connectivity index (χ1n) is 37.3. The van der Waals surface area contributed by atoms with Gasteiger partial charge in [0.05, 0.1) is 61.9 Å². The van der Waals surface area contributed by atoms with Crippen molar-refractivity contribution < 1.29 is 32.3 Å². The molecule has 3 saturated heterocycles. The van der Waals surface area contributed by atoms with Gasteiger partial charge in [0.15, 0.2) is 11.3 Å². The molecule has 0 spiro atoms. The number of amidine groups is 1. The van der Waals surface area contributed by atoms with Gasteiger partial charge in [-0.05, 0) is 148 Å². The number of aliphatic imine (C=N–C) groups is 1. The number of hydrogen-bond donors (Lipinski definition) is 1. The van der Waals surface area contributed by atoms with E-state index in [1.807, 2.05) is 120 Å². The van der Waals surface area contributed by atoms with Gasteiger partial charge in [0.2, 0.25) is 23.6 Å². The van der Waals surface area contributed by atoms with Crippen LogP contribution in [0.15, 0.2) is 156 Å². The Morgan fingerprint density at radius 3 is 1.65 bits per heavy atom. The smallest absolute Gasteiger partial charge is 0.352 e. The molecule has 24 nitrogen and oxygen atoms in total. The second-order valence-corrected chi connectivity index (χ2v) is 31.1. The van der Waals surface area contributed by atoms with E-state index in [4.69, 9.17) is 21.6 Å². The Morgan fingerprint density at radius 1 is 0.598 bits per heavy atom. The number of nitrogens with one attached hydrogen (secondary N) is 1. The van der Waals surface area contributed by atoms with E-state index in [0.717, 1.165) is 77.9 Å². The molecule has 2 aromatic carbocycles. The number of aryl methyl sites for hydroxylation is 2. The molecule has 582 valence electrons. The van der Waals surface area contributed by atoms with Crippen molar-refractivity contribution in [2.75, 3.05) is 78.9 Å². The Hall–Kier alpha value is -11.7. The highest BCUT2D eigenvalue weighted by Gasteiger charge is 2.38.